The molecule has 0 aromatic carbocycles. The summed E-state index contributed by atoms with van der Waals surface area (Å²) in [4.78, 5) is 16.3. The average Bonchev–Trinajstić information content (AvgIpc) is 2.27. The third-order valence-corrected chi connectivity index (χ3v) is 2.39. The lowest BCUT2D eigenvalue weighted by atomic mass is 10.2. The summed E-state index contributed by atoms with van der Waals surface area (Å²) in [5, 5.41) is 18.1. The molecule has 1 aromatic rings. The standard InChI is InChI=1S/C12H18N2O3/c1-14(8-10-3-2-6-13-7-10)9-11(15)4-5-12(16)17/h2-3,6-7,11,15H,4-5,8-9H2,1H3,(H,16,17). The minimum atomic E-state index is -0.876. The normalized spacial score (nSPS) is 12.6. The van der Waals surface area contributed by atoms with Crippen LogP contribution < -0.4 is 0 Å². The van der Waals surface area contributed by atoms with Crippen molar-refractivity contribution < 1.29 is 15.0 Å². The zero-order chi connectivity index (χ0) is 12.7. The van der Waals surface area contributed by atoms with Crippen molar-refractivity contribution >= 4 is 5.97 Å². The van der Waals surface area contributed by atoms with E-state index >= 15 is 0 Å². The summed E-state index contributed by atoms with van der Waals surface area (Å²) in [5.74, 6) is -0.876. The van der Waals surface area contributed by atoms with Gasteiger partial charge in [0.25, 0.3) is 0 Å². The van der Waals surface area contributed by atoms with E-state index in [1.165, 1.54) is 0 Å². The Morgan fingerprint density at radius 1 is 1.59 bits per heavy atom. The maximum absolute atomic E-state index is 10.3. The van der Waals surface area contributed by atoms with E-state index in [0.717, 1.165) is 5.56 Å². The van der Waals surface area contributed by atoms with Crippen molar-refractivity contribution in [3.63, 3.8) is 0 Å². The number of likely N-dealkylation sites (N-methyl/N-ethyl adjacent to an activating group) is 1. The number of aromatic nitrogens is 1. The van der Waals surface area contributed by atoms with E-state index in [9.17, 15) is 9.90 Å². The van der Waals surface area contributed by atoms with E-state index in [1.54, 1.807) is 12.4 Å². The average molecular weight is 238 g/mol. The number of carboxylic acid groups (broad SMARTS) is 1. The molecule has 94 valence electrons. The molecule has 0 bridgehead atoms. The van der Waals surface area contributed by atoms with E-state index < -0.39 is 12.1 Å². The smallest absolute Gasteiger partial charge is 0.303 e. The molecule has 1 aromatic heterocycles. The van der Waals surface area contributed by atoms with Gasteiger partial charge in [0.05, 0.1) is 6.10 Å². The lowest BCUT2D eigenvalue weighted by Gasteiger charge is -2.19. The van der Waals surface area contributed by atoms with Crippen LogP contribution in [0.25, 0.3) is 0 Å². The Kier molecular flexibility index (Phi) is 5.59. The molecule has 5 nitrogen and oxygen atoms in total. The maximum Gasteiger partial charge on any atom is 0.303 e. The van der Waals surface area contributed by atoms with E-state index in [1.807, 2.05) is 24.1 Å². The molecule has 0 amide bonds. The van der Waals surface area contributed by atoms with Gasteiger partial charge in [-0.1, -0.05) is 6.07 Å². The number of hydrogen-bond donors (Lipinski definition) is 2. The van der Waals surface area contributed by atoms with Gasteiger partial charge in [-0.25, -0.2) is 0 Å². The Labute approximate surface area is 101 Å². The lowest BCUT2D eigenvalue weighted by molar-refractivity contribution is -0.137. The second-order valence-corrected chi connectivity index (χ2v) is 4.14. The number of aliphatic hydroxyl groups is 1. The zero-order valence-electron chi connectivity index (χ0n) is 9.91. The fraction of sp³-hybridized carbons (Fsp3) is 0.500. The largest absolute Gasteiger partial charge is 0.481 e. The highest BCUT2D eigenvalue weighted by atomic mass is 16.4. The van der Waals surface area contributed by atoms with Crippen molar-refractivity contribution in [2.45, 2.75) is 25.5 Å². The quantitative estimate of drug-likeness (QED) is 0.733. The van der Waals surface area contributed by atoms with Gasteiger partial charge in [-0.05, 0) is 25.1 Å². The third-order valence-electron chi connectivity index (χ3n) is 2.39. The van der Waals surface area contributed by atoms with Crippen molar-refractivity contribution in [3.8, 4) is 0 Å². The highest BCUT2D eigenvalue weighted by Gasteiger charge is 2.10. The Balaban J connectivity index is 2.29. The fourth-order valence-electron chi connectivity index (χ4n) is 1.61. The molecule has 0 saturated carbocycles. The Morgan fingerprint density at radius 3 is 2.94 bits per heavy atom. The van der Waals surface area contributed by atoms with E-state index in [-0.39, 0.29) is 12.8 Å². The second kappa shape index (κ2) is 6.98. The molecule has 0 aliphatic rings. The molecule has 5 heteroatoms. The van der Waals surface area contributed by atoms with Gasteiger partial charge in [-0.2, -0.15) is 0 Å². The summed E-state index contributed by atoms with van der Waals surface area (Å²) in [5.41, 5.74) is 1.07. The first kappa shape index (κ1) is 13.6. The highest BCUT2D eigenvalue weighted by Crippen LogP contribution is 2.04. The third kappa shape index (κ3) is 5.99. The molecule has 0 radical (unpaired) electrons. The van der Waals surface area contributed by atoms with Crippen molar-refractivity contribution in [2.75, 3.05) is 13.6 Å². The first-order valence-electron chi connectivity index (χ1n) is 5.55. The van der Waals surface area contributed by atoms with Crippen molar-refractivity contribution in [2.24, 2.45) is 0 Å². The summed E-state index contributed by atoms with van der Waals surface area (Å²) in [6.07, 6.45) is 3.17. The SMILES string of the molecule is CN(Cc1cccnc1)CC(O)CCC(=O)O. The van der Waals surface area contributed by atoms with E-state index in [2.05, 4.69) is 4.98 Å². The van der Waals surface area contributed by atoms with Crippen LogP contribution in [0.5, 0.6) is 0 Å². The predicted molar refractivity (Wildman–Crippen MR) is 63.4 cm³/mol. The van der Waals surface area contributed by atoms with Crippen molar-refractivity contribution in [1.82, 2.24) is 9.88 Å². The molecule has 2 N–H and O–H groups in total. The number of rotatable bonds is 7. The van der Waals surface area contributed by atoms with Crippen molar-refractivity contribution in [3.05, 3.63) is 30.1 Å². The van der Waals surface area contributed by atoms with Crippen LogP contribution in [0.4, 0.5) is 0 Å². The van der Waals surface area contributed by atoms with Gasteiger partial charge in [-0.3, -0.25) is 14.7 Å². The summed E-state index contributed by atoms with van der Waals surface area (Å²) >= 11 is 0. The van der Waals surface area contributed by atoms with E-state index in [4.69, 9.17) is 5.11 Å². The Hall–Kier alpha value is -1.46. The minimum Gasteiger partial charge on any atom is -0.481 e. The number of aliphatic carboxylic acids is 1. The first-order chi connectivity index (χ1) is 8.08. The number of nitrogens with zero attached hydrogens (tertiary/aromatic N) is 2. The number of aliphatic hydroxyl groups excluding tert-OH is 1. The second-order valence-electron chi connectivity index (χ2n) is 4.14. The molecule has 1 unspecified atom stereocenters. The molecular weight excluding hydrogens is 220 g/mol. The highest BCUT2D eigenvalue weighted by molar-refractivity contribution is 5.66. The summed E-state index contributed by atoms with van der Waals surface area (Å²) < 4.78 is 0. The number of hydrogen-bond acceptors (Lipinski definition) is 4. The summed E-state index contributed by atoms with van der Waals surface area (Å²) in [7, 11) is 1.89. The molecule has 0 aliphatic heterocycles. The fourth-order valence-corrected chi connectivity index (χ4v) is 1.61. The molecule has 0 aliphatic carbocycles. The molecule has 17 heavy (non-hydrogen) atoms. The van der Waals surface area contributed by atoms with Crippen LogP contribution in [-0.4, -0.2) is 45.8 Å². The van der Waals surface area contributed by atoms with Crippen LogP contribution in [0.1, 0.15) is 18.4 Å². The predicted octanol–water partition coefficient (Wildman–Crippen LogP) is 0.739. The maximum atomic E-state index is 10.3. The van der Waals surface area contributed by atoms with Gasteiger partial charge >= 0.3 is 5.97 Å². The molecule has 0 spiro atoms. The zero-order valence-corrected chi connectivity index (χ0v) is 9.91. The van der Waals surface area contributed by atoms with Crippen LogP contribution in [0.3, 0.4) is 0 Å². The summed E-state index contributed by atoms with van der Waals surface area (Å²) in [6.45, 7) is 1.15. The van der Waals surface area contributed by atoms with Gasteiger partial charge in [0.2, 0.25) is 0 Å². The molecule has 0 saturated heterocycles. The topological polar surface area (TPSA) is 73.7 Å². The molecule has 0 fully saturated rings. The molecular formula is C12H18N2O3. The number of pyridine rings is 1. The first-order valence-corrected chi connectivity index (χ1v) is 5.55. The summed E-state index contributed by atoms with van der Waals surface area (Å²) in [6, 6.07) is 3.83. The van der Waals surface area contributed by atoms with Crippen LogP contribution >= 0.6 is 0 Å². The molecule has 1 rings (SSSR count). The van der Waals surface area contributed by atoms with Crippen LogP contribution in [0.2, 0.25) is 0 Å². The lowest BCUT2D eigenvalue weighted by Crippen LogP contribution is -2.29. The molecule has 1 heterocycles. The minimum absolute atomic E-state index is 0.00188. The Bertz CT molecular complexity index is 343. The van der Waals surface area contributed by atoms with E-state index in [0.29, 0.717) is 13.1 Å². The van der Waals surface area contributed by atoms with Gasteiger partial charge < -0.3 is 10.2 Å². The van der Waals surface area contributed by atoms with Gasteiger partial charge in [0, 0.05) is 31.9 Å². The van der Waals surface area contributed by atoms with Crippen molar-refractivity contribution in [1.29, 1.82) is 0 Å². The van der Waals surface area contributed by atoms with Gasteiger partial charge in [0.1, 0.15) is 0 Å². The van der Waals surface area contributed by atoms with Gasteiger partial charge in [-0.15, -0.1) is 0 Å². The van der Waals surface area contributed by atoms with Gasteiger partial charge in [0.15, 0.2) is 0 Å². The monoisotopic (exact) mass is 238 g/mol. The number of carboxylic acids is 1. The van der Waals surface area contributed by atoms with Crippen LogP contribution in [0, 0.1) is 0 Å². The van der Waals surface area contributed by atoms with Crippen LogP contribution in [-0.2, 0) is 11.3 Å². The Morgan fingerprint density at radius 2 is 2.35 bits per heavy atom. The molecule has 1 atom stereocenters. The number of carbonyl (C=O) groups is 1. The van der Waals surface area contributed by atoms with Crippen LogP contribution in [0.15, 0.2) is 24.5 Å².